The summed E-state index contributed by atoms with van der Waals surface area (Å²) in [5.41, 5.74) is 8.19. The smallest absolute Gasteiger partial charge is 0.131 e. The summed E-state index contributed by atoms with van der Waals surface area (Å²) in [6, 6.07) is 7.37. The summed E-state index contributed by atoms with van der Waals surface area (Å²) in [6.45, 7) is 5.21. The molecule has 0 saturated carbocycles. The van der Waals surface area contributed by atoms with E-state index in [1.807, 2.05) is 42.8 Å². The highest BCUT2D eigenvalue weighted by atomic mass is 35.5. The second kappa shape index (κ2) is 6.91. The third kappa shape index (κ3) is 3.54. The number of aromatic nitrogens is 2. The third-order valence-electron chi connectivity index (χ3n) is 3.21. The zero-order valence-electron chi connectivity index (χ0n) is 12.1. The zero-order chi connectivity index (χ0) is 15.4. The standard InChI is InChI=1S/C15H18ClN3OS/c1-3-12-14(16)13(19(4-2)18-12)9-20-11-7-5-10(6-8-11)15(17)21/h5-8H,3-4,9H2,1-2H3,(H2,17,21). The number of rotatable bonds is 6. The topological polar surface area (TPSA) is 53.1 Å². The van der Waals surface area contributed by atoms with Gasteiger partial charge in [-0.05, 0) is 37.6 Å². The SMILES string of the molecule is CCc1nn(CC)c(COc2ccc(C(N)=S)cc2)c1Cl. The molecule has 2 aromatic rings. The number of nitrogens with two attached hydrogens (primary N) is 1. The van der Waals surface area contributed by atoms with Gasteiger partial charge < -0.3 is 10.5 Å². The number of ether oxygens (including phenoxy) is 1. The molecule has 0 fully saturated rings. The predicted molar refractivity (Wildman–Crippen MR) is 89.0 cm³/mol. The summed E-state index contributed by atoms with van der Waals surface area (Å²) < 4.78 is 7.66. The molecule has 21 heavy (non-hydrogen) atoms. The highest BCUT2D eigenvalue weighted by molar-refractivity contribution is 7.80. The van der Waals surface area contributed by atoms with E-state index in [0.29, 0.717) is 16.6 Å². The van der Waals surface area contributed by atoms with Gasteiger partial charge in [-0.15, -0.1) is 0 Å². The van der Waals surface area contributed by atoms with Gasteiger partial charge in [-0.25, -0.2) is 0 Å². The van der Waals surface area contributed by atoms with Crippen molar-refractivity contribution in [2.24, 2.45) is 5.73 Å². The quantitative estimate of drug-likeness (QED) is 0.828. The van der Waals surface area contributed by atoms with Gasteiger partial charge in [0, 0.05) is 12.1 Å². The molecule has 0 aliphatic rings. The molecule has 1 aromatic carbocycles. The van der Waals surface area contributed by atoms with Gasteiger partial charge in [-0.1, -0.05) is 30.7 Å². The molecule has 0 aliphatic heterocycles. The lowest BCUT2D eigenvalue weighted by molar-refractivity contribution is 0.292. The van der Waals surface area contributed by atoms with E-state index in [1.54, 1.807) is 0 Å². The average Bonchev–Trinajstić information content (AvgIpc) is 2.81. The summed E-state index contributed by atoms with van der Waals surface area (Å²) in [4.78, 5) is 0.376. The second-order valence-corrected chi connectivity index (χ2v) is 5.37. The van der Waals surface area contributed by atoms with Gasteiger partial charge in [0.25, 0.3) is 0 Å². The first kappa shape index (κ1) is 15.8. The Balaban J connectivity index is 2.12. The van der Waals surface area contributed by atoms with Crippen molar-refractivity contribution in [2.45, 2.75) is 33.4 Å². The largest absolute Gasteiger partial charge is 0.487 e. The van der Waals surface area contributed by atoms with E-state index in [-0.39, 0.29) is 0 Å². The van der Waals surface area contributed by atoms with Crippen LogP contribution in [0.4, 0.5) is 0 Å². The van der Waals surface area contributed by atoms with Crippen molar-refractivity contribution in [3.63, 3.8) is 0 Å². The van der Waals surface area contributed by atoms with Gasteiger partial charge in [0.15, 0.2) is 0 Å². The number of hydrogen-bond donors (Lipinski definition) is 1. The summed E-state index contributed by atoms with van der Waals surface area (Å²) in [6.07, 6.45) is 0.807. The van der Waals surface area contributed by atoms with Gasteiger partial charge in [-0.3, -0.25) is 4.68 Å². The molecule has 1 aromatic heterocycles. The van der Waals surface area contributed by atoms with Gasteiger partial charge in [0.05, 0.1) is 16.4 Å². The molecule has 2 N–H and O–H groups in total. The molecule has 0 aliphatic carbocycles. The number of nitrogens with zero attached hydrogens (tertiary/aromatic N) is 2. The molecule has 4 nitrogen and oxygen atoms in total. The van der Waals surface area contributed by atoms with Crippen LogP contribution in [0.5, 0.6) is 5.75 Å². The van der Waals surface area contributed by atoms with E-state index in [0.717, 1.165) is 35.7 Å². The highest BCUT2D eigenvalue weighted by Crippen LogP contribution is 2.23. The Hall–Kier alpha value is -1.59. The first-order chi connectivity index (χ1) is 10.1. The normalized spacial score (nSPS) is 10.6. The van der Waals surface area contributed by atoms with Crippen molar-refractivity contribution in [3.8, 4) is 5.75 Å². The molecular formula is C15H18ClN3OS. The number of thiocarbonyl (C=S) groups is 1. The Morgan fingerprint density at radius 1 is 1.33 bits per heavy atom. The highest BCUT2D eigenvalue weighted by Gasteiger charge is 2.14. The van der Waals surface area contributed by atoms with Crippen molar-refractivity contribution >= 4 is 28.8 Å². The Labute approximate surface area is 134 Å². The Morgan fingerprint density at radius 3 is 2.52 bits per heavy atom. The van der Waals surface area contributed by atoms with Crippen LogP contribution in [-0.2, 0) is 19.6 Å². The molecular weight excluding hydrogens is 306 g/mol. The van der Waals surface area contributed by atoms with E-state index >= 15 is 0 Å². The summed E-state index contributed by atoms with van der Waals surface area (Å²) in [7, 11) is 0. The number of aryl methyl sites for hydroxylation is 2. The number of benzene rings is 1. The molecule has 0 saturated heterocycles. The molecule has 0 bridgehead atoms. The van der Waals surface area contributed by atoms with E-state index in [9.17, 15) is 0 Å². The van der Waals surface area contributed by atoms with Gasteiger partial charge in [0.2, 0.25) is 0 Å². The van der Waals surface area contributed by atoms with Gasteiger partial charge in [0.1, 0.15) is 17.3 Å². The predicted octanol–water partition coefficient (Wildman–Crippen LogP) is 3.33. The van der Waals surface area contributed by atoms with Crippen LogP contribution < -0.4 is 10.5 Å². The minimum absolute atomic E-state index is 0.376. The van der Waals surface area contributed by atoms with Crippen LogP contribution in [0.2, 0.25) is 5.02 Å². The van der Waals surface area contributed by atoms with Crippen LogP contribution in [0, 0.1) is 0 Å². The molecule has 2 rings (SSSR count). The lowest BCUT2D eigenvalue weighted by atomic mass is 10.2. The summed E-state index contributed by atoms with van der Waals surface area (Å²) >= 11 is 11.3. The Bertz CT molecular complexity index is 637. The van der Waals surface area contributed by atoms with Crippen LogP contribution in [0.1, 0.15) is 30.8 Å². The molecule has 0 spiro atoms. The first-order valence-electron chi connectivity index (χ1n) is 6.83. The number of hydrogen-bond acceptors (Lipinski definition) is 3. The number of halogens is 1. The monoisotopic (exact) mass is 323 g/mol. The maximum atomic E-state index is 6.34. The lowest BCUT2D eigenvalue weighted by Crippen LogP contribution is -2.09. The molecule has 112 valence electrons. The lowest BCUT2D eigenvalue weighted by Gasteiger charge is -2.09. The maximum Gasteiger partial charge on any atom is 0.131 e. The first-order valence-corrected chi connectivity index (χ1v) is 7.62. The fourth-order valence-corrected chi connectivity index (χ4v) is 2.48. The van der Waals surface area contributed by atoms with Crippen molar-refractivity contribution < 1.29 is 4.74 Å². The van der Waals surface area contributed by atoms with Gasteiger partial charge >= 0.3 is 0 Å². The molecule has 1 heterocycles. The van der Waals surface area contributed by atoms with E-state index in [4.69, 9.17) is 34.3 Å². The molecule has 6 heteroatoms. The average molecular weight is 324 g/mol. The van der Waals surface area contributed by atoms with E-state index in [2.05, 4.69) is 5.10 Å². The van der Waals surface area contributed by atoms with Crippen molar-refractivity contribution in [3.05, 3.63) is 46.2 Å². The Kier molecular flexibility index (Phi) is 5.20. The minimum Gasteiger partial charge on any atom is -0.487 e. The summed E-state index contributed by atoms with van der Waals surface area (Å²) in [5, 5.41) is 5.16. The molecule has 0 amide bonds. The summed E-state index contributed by atoms with van der Waals surface area (Å²) in [5.74, 6) is 0.743. The van der Waals surface area contributed by atoms with Crippen LogP contribution in [0.3, 0.4) is 0 Å². The molecule has 0 unspecified atom stereocenters. The van der Waals surface area contributed by atoms with Crippen LogP contribution in [0.25, 0.3) is 0 Å². The minimum atomic E-state index is 0.376. The van der Waals surface area contributed by atoms with Crippen LogP contribution >= 0.6 is 23.8 Å². The fraction of sp³-hybridized carbons (Fsp3) is 0.333. The second-order valence-electron chi connectivity index (χ2n) is 4.55. The van der Waals surface area contributed by atoms with Crippen LogP contribution in [-0.4, -0.2) is 14.8 Å². The molecule has 0 radical (unpaired) electrons. The van der Waals surface area contributed by atoms with E-state index in [1.165, 1.54) is 0 Å². The maximum absolute atomic E-state index is 6.34. The third-order valence-corrected chi connectivity index (χ3v) is 3.88. The van der Waals surface area contributed by atoms with Gasteiger partial charge in [-0.2, -0.15) is 5.10 Å². The fourth-order valence-electron chi connectivity index (χ4n) is 2.02. The zero-order valence-corrected chi connectivity index (χ0v) is 13.7. The van der Waals surface area contributed by atoms with Crippen LogP contribution in [0.15, 0.2) is 24.3 Å². The molecule has 0 atom stereocenters. The van der Waals surface area contributed by atoms with Crippen molar-refractivity contribution in [1.82, 2.24) is 9.78 Å². The van der Waals surface area contributed by atoms with Crippen molar-refractivity contribution in [1.29, 1.82) is 0 Å². The van der Waals surface area contributed by atoms with Crippen molar-refractivity contribution in [2.75, 3.05) is 0 Å². The Morgan fingerprint density at radius 2 is 2.00 bits per heavy atom. The van der Waals surface area contributed by atoms with E-state index < -0.39 is 0 Å².